The van der Waals surface area contributed by atoms with Crippen LogP contribution in [0.25, 0.3) is 0 Å². The zero-order chi connectivity index (χ0) is 19.3. The molecule has 3 aromatic carbocycles. The highest BCUT2D eigenvalue weighted by molar-refractivity contribution is 7.87. The SMILES string of the molecule is Cc1ccc(S(=O)C(C)(C(=O)CCc2ccccc2)c2ccccc2)cc1. The fourth-order valence-corrected chi connectivity index (χ4v) is 4.68. The molecule has 0 saturated heterocycles. The van der Waals surface area contributed by atoms with Crippen LogP contribution in [-0.2, 0) is 26.8 Å². The van der Waals surface area contributed by atoms with Gasteiger partial charge in [0.15, 0.2) is 5.78 Å². The summed E-state index contributed by atoms with van der Waals surface area (Å²) in [5, 5.41) is 0. The molecule has 0 aliphatic rings. The maximum absolute atomic E-state index is 13.5. The zero-order valence-corrected chi connectivity index (χ0v) is 16.5. The molecule has 2 unspecified atom stereocenters. The van der Waals surface area contributed by atoms with E-state index in [9.17, 15) is 9.00 Å². The van der Waals surface area contributed by atoms with Crippen LogP contribution >= 0.6 is 0 Å². The quantitative estimate of drug-likeness (QED) is 0.566. The van der Waals surface area contributed by atoms with Gasteiger partial charge in [0.05, 0.1) is 10.8 Å². The molecule has 0 bridgehead atoms. The van der Waals surface area contributed by atoms with Gasteiger partial charge in [-0.25, -0.2) is 0 Å². The number of carbonyl (C=O) groups is 1. The lowest BCUT2D eigenvalue weighted by Gasteiger charge is -2.28. The fraction of sp³-hybridized carbons (Fsp3) is 0.208. The van der Waals surface area contributed by atoms with Gasteiger partial charge in [-0.1, -0.05) is 78.4 Å². The smallest absolute Gasteiger partial charge is 0.156 e. The van der Waals surface area contributed by atoms with Gasteiger partial charge in [-0.05, 0) is 43.5 Å². The van der Waals surface area contributed by atoms with Gasteiger partial charge >= 0.3 is 0 Å². The third-order valence-electron chi connectivity index (χ3n) is 4.95. The van der Waals surface area contributed by atoms with Crippen molar-refractivity contribution in [1.82, 2.24) is 0 Å². The van der Waals surface area contributed by atoms with Crippen molar-refractivity contribution in [2.45, 2.75) is 36.3 Å². The zero-order valence-electron chi connectivity index (χ0n) is 15.7. The van der Waals surface area contributed by atoms with Crippen LogP contribution < -0.4 is 0 Å². The normalized spacial score (nSPS) is 14.3. The van der Waals surface area contributed by atoms with Crippen molar-refractivity contribution in [1.29, 1.82) is 0 Å². The van der Waals surface area contributed by atoms with Crippen LogP contribution in [0.3, 0.4) is 0 Å². The Hall–Kier alpha value is -2.52. The van der Waals surface area contributed by atoms with Gasteiger partial charge in [0.1, 0.15) is 4.75 Å². The maximum Gasteiger partial charge on any atom is 0.156 e. The molecule has 138 valence electrons. The number of aryl methyl sites for hydroxylation is 2. The van der Waals surface area contributed by atoms with E-state index in [1.165, 1.54) is 0 Å². The lowest BCUT2D eigenvalue weighted by atomic mass is 9.92. The third kappa shape index (κ3) is 4.25. The molecule has 0 fully saturated rings. The van der Waals surface area contributed by atoms with Crippen molar-refractivity contribution < 1.29 is 9.00 Å². The minimum Gasteiger partial charge on any atom is -0.298 e. The molecule has 3 heteroatoms. The second-order valence-corrected chi connectivity index (χ2v) is 8.72. The molecule has 3 rings (SSSR count). The first-order chi connectivity index (χ1) is 13.0. The number of carbonyl (C=O) groups excluding carboxylic acids is 1. The molecule has 0 N–H and O–H groups in total. The highest BCUT2D eigenvalue weighted by Crippen LogP contribution is 2.34. The summed E-state index contributed by atoms with van der Waals surface area (Å²) in [6.45, 7) is 3.81. The summed E-state index contributed by atoms with van der Waals surface area (Å²) < 4.78 is 12.4. The van der Waals surface area contributed by atoms with Crippen molar-refractivity contribution in [3.8, 4) is 0 Å². The van der Waals surface area contributed by atoms with Crippen LogP contribution in [0.2, 0.25) is 0 Å². The summed E-state index contributed by atoms with van der Waals surface area (Å²) in [6, 6.07) is 27.0. The topological polar surface area (TPSA) is 34.1 Å². The summed E-state index contributed by atoms with van der Waals surface area (Å²) in [5.41, 5.74) is 3.01. The minimum absolute atomic E-state index is 0.00328. The fourth-order valence-electron chi connectivity index (χ4n) is 3.17. The van der Waals surface area contributed by atoms with E-state index in [4.69, 9.17) is 0 Å². The van der Waals surface area contributed by atoms with Crippen LogP contribution in [0.15, 0.2) is 89.8 Å². The highest BCUT2D eigenvalue weighted by Gasteiger charge is 2.41. The van der Waals surface area contributed by atoms with Crippen molar-refractivity contribution in [3.05, 3.63) is 102 Å². The van der Waals surface area contributed by atoms with Crippen molar-refractivity contribution >= 4 is 16.6 Å². The first-order valence-electron chi connectivity index (χ1n) is 9.13. The van der Waals surface area contributed by atoms with Gasteiger partial charge in [0, 0.05) is 11.3 Å². The summed E-state index contributed by atoms with van der Waals surface area (Å²) in [7, 11) is -1.48. The lowest BCUT2D eigenvalue weighted by Crippen LogP contribution is -2.37. The average Bonchev–Trinajstić information content (AvgIpc) is 2.73. The number of hydrogen-bond acceptors (Lipinski definition) is 2. The Morgan fingerprint density at radius 1 is 0.852 bits per heavy atom. The predicted molar refractivity (Wildman–Crippen MR) is 111 cm³/mol. The van der Waals surface area contributed by atoms with Gasteiger partial charge < -0.3 is 0 Å². The van der Waals surface area contributed by atoms with Crippen molar-refractivity contribution in [3.63, 3.8) is 0 Å². The molecule has 0 saturated carbocycles. The van der Waals surface area contributed by atoms with Crippen LogP contribution in [-0.4, -0.2) is 9.99 Å². The van der Waals surface area contributed by atoms with Crippen LogP contribution in [0.1, 0.15) is 30.0 Å². The Morgan fingerprint density at radius 3 is 2.00 bits per heavy atom. The van der Waals surface area contributed by atoms with Crippen molar-refractivity contribution in [2.75, 3.05) is 0 Å². The van der Waals surface area contributed by atoms with Gasteiger partial charge in [-0.3, -0.25) is 9.00 Å². The molecule has 0 aliphatic carbocycles. The average molecular weight is 377 g/mol. The molecule has 2 atom stereocenters. The van der Waals surface area contributed by atoms with Crippen LogP contribution in [0.4, 0.5) is 0 Å². The molecule has 0 radical (unpaired) electrons. The first kappa shape index (κ1) is 19.2. The molecule has 27 heavy (non-hydrogen) atoms. The van der Waals surface area contributed by atoms with E-state index >= 15 is 0 Å². The second-order valence-electron chi connectivity index (χ2n) is 6.89. The molecule has 0 aliphatic heterocycles. The largest absolute Gasteiger partial charge is 0.298 e. The molecular weight excluding hydrogens is 352 g/mol. The molecule has 0 heterocycles. The molecule has 0 amide bonds. The Morgan fingerprint density at radius 2 is 1.41 bits per heavy atom. The van der Waals surface area contributed by atoms with E-state index in [1.807, 2.05) is 98.8 Å². The Balaban J connectivity index is 1.93. The van der Waals surface area contributed by atoms with Gasteiger partial charge in [0.2, 0.25) is 0 Å². The predicted octanol–water partition coefficient (Wildman–Crippen LogP) is 5.22. The monoisotopic (exact) mass is 376 g/mol. The summed E-state index contributed by atoms with van der Waals surface area (Å²) in [6.07, 6.45) is 1.00. The van der Waals surface area contributed by atoms with E-state index < -0.39 is 15.5 Å². The molecule has 2 nitrogen and oxygen atoms in total. The van der Waals surface area contributed by atoms with Gasteiger partial charge in [-0.15, -0.1) is 0 Å². The summed E-state index contributed by atoms with van der Waals surface area (Å²) >= 11 is 0. The Kier molecular flexibility index (Phi) is 6.02. The minimum atomic E-state index is -1.48. The van der Waals surface area contributed by atoms with Gasteiger partial charge in [0.25, 0.3) is 0 Å². The number of Topliss-reactive ketones (excluding diaryl/α,β-unsaturated/α-hetero) is 1. The highest BCUT2D eigenvalue weighted by atomic mass is 32.2. The first-order valence-corrected chi connectivity index (χ1v) is 10.3. The number of rotatable bonds is 7. The third-order valence-corrected chi connectivity index (χ3v) is 6.85. The maximum atomic E-state index is 13.5. The Labute approximate surface area is 163 Å². The lowest BCUT2D eigenvalue weighted by molar-refractivity contribution is -0.121. The van der Waals surface area contributed by atoms with E-state index in [0.717, 1.165) is 16.7 Å². The van der Waals surface area contributed by atoms with Gasteiger partial charge in [-0.2, -0.15) is 0 Å². The van der Waals surface area contributed by atoms with E-state index in [0.29, 0.717) is 17.7 Å². The van der Waals surface area contributed by atoms with Crippen molar-refractivity contribution in [2.24, 2.45) is 0 Å². The summed E-state index contributed by atoms with van der Waals surface area (Å²) in [5.74, 6) is -0.00328. The second kappa shape index (κ2) is 8.45. The number of hydrogen-bond donors (Lipinski definition) is 0. The van der Waals surface area contributed by atoms with Crippen LogP contribution in [0.5, 0.6) is 0 Å². The number of ketones is 1. The van der Waals surface area contributed by atoms with E-state index in [-0.39, 0.29) is 5.78 Å². The van der Waals surface area contributed by atoms with E-state index in [2.05, 4.69) is 0 Å². The molecule has 0 spiro atoms. The molecule has 0 aromatic heterocycles. The molecule has 3 aromatic rings. The van der Waals surface area contributed by atoms with E-state index in [1.54, 1.807) is 0 Å². The van der Waals surface area contributed by atoms with Crippen LogP contribution in [0, 0.1) is 6.92 Å². The number of benzene rings is 3. The standard InChI is InChI=1S/C24H24O2S/c1-19-13-16-22(17-14-19)27(26)24(2,21-11-7-4-8-12-21)23(25)18-15-20-9-5-3-6-10-20/h3-14,16-17H,15,18H2,1-2H3. The summed E-state index contributed by atoms with van der Waals surface area (Å²) in [4.78, 5) is 14.0. The Bertz CT molecular complexity index is 918. The molecular formula is C24H24O2S.